The molecule has 0 aromatic heterocycles. The third-order valence-corrected chi connectivity index (χ3v) is 5.16. The Morgan fingerprint density at radius 2 is 2.00 bits per heavy atom. The molecule has 0 atom stereocenters. The van der Waals surface area contributed by atoms with Crippen LogP contribution in [0.5, 0.6) is 0 Å². The normalized spacial score (nSPS) is 22.4. The van der Waals surface area contributed by atoms with Crippen LogP contribution in [-0.2, 0) is 9.53 Å². The zero-order chi connectivity index (χ0) is 14.2. The Labute approximate surface area is 124 Å². The minimum Gasteiger partial charge on any atom is -0.381 e. The molecule has 3 nitrogen and oxygen atoms in total. The lowest BCUT2D eigenvalue weighted by Gasteiger charge is -2.40. The van der Waals surface area contributed by atoms with E-state index in [1.807, 2.05) is 28.8 Å². The van der Waals surface area contributed by atoms with Crippen LogP contribution in [0.4, 0.5) is 5.69 Å². The van der Waals surface area contributed by atoms with Crippen molar-refractivity contribution in [3.63, 3.8) is 0 Å². The van der Waals surface area contributed by atoms with Gasteiger partial charge in [0.05, 0.1) is 5.69 Å². The maximum absolute atomic E-state index is 12.9. The summed E-state index contributed by atoms with van der Waals surface area (Å²) in [6.45, 7) is 6.62. The second-order valence-electron chi connectivity index (χ2n) is 6.14. The zero-order valence-corrected chi connectivity index (χ0v) is 12.9. The average Bonchev–Trinajstić information content (AvgIpc) is 2.45. The molecule has 0 N–H and O–H groups in total. The molecule has 0 unspecified atom stereocenters. The Balaban J connectivity index is 1.89. The highest BCUT2D eigenvalue weighted by Crippen LogP contribution is 2.44. The molecule has 0 spiro atoms. The van der Waals surface area contributed by atoms with Crippen LogP contribution < -0.4 is 4.90 Å². The predicted molar refractivity (Wildman–Crippen MR) is 82.3 cm³/mol. The van der Waals surface area contributed by atoms with Gasteiger partial charge in [-0.05, 0) is 38.8 Å². The van der Waals surface area contributed by atoms with E-state index >= 15 is 0 Å². The van der Waals surface area contributed by atoms with Crippen molar-refractivity contribution in [3.8, 4) is 0 Å². The third-order valence-electron chi connectivity index (χ3n) is 3.92. The number of carbonyl (C=O) groups excluding carboxylic acids is 1. The molecule has 4 heteroatoms. The van der Waals surface area contributed by atoms with Crippen molar-refractivity contribution in [1.82, 2.24) is 0 Å². The van der Waals surface area contributed by atoms with Gasteiger partial charge >= 0.3 is 0 Å². The van der Waals surface area contributed by atoms with Gasteiger partial charge in [-0.2, -0.15) is 0 Å². The summed E-state index contributed by atoms with van der Waals surface area (Å²) in [6, 6.07) is 8.24. The van der Waals surface area contributed by atoms with Crippen LogP contribution in [0.25, 0.3) is 0 Å². The van der Waals surface area contributed by atoms with E-state index in [1.54, 1.807) is 0 Å². The number of fused-ring (bicyclic) bond motifs is 1. The molecule has 2 aliphatic rings. The fourth-order valence-corrected chi connectivity index (χ4v) is 4.14. The molecule has 0 bridgehead atoms. The standard InChI is InChI=1S/C16H21NO2S/c1-16(2)11-17(13-5-3-4-6-14(13)20-16)15(18)12-7-9-19-10-8-12/h3-6,12H,7-11H2,1-2H3. The minimum absolute atomic E-state index is 0.0647. The van der Waals surface area contributed by atoms with Crippen molar-refractivity contribution in [1.29, 1.82) is 0 Å². The van der Waals surface area contributed by atoms with E-state index in [2.05, 4.69) is 26.0 Å². The molecule has 1 saturated heterocycles. The number of rotatable bonds is 1. The second kappa shape index (κ2) is 5.41. The lowest BCUT2D eigenvalue weighted by atomic mass is 9.97. The maximum atomic E-state index is 12.9. The highest BCUT2D eigenvalue weighted by Gasteiger charge is 2.36. The summed E-state index contributed by atoms with van der Waals surface area (Å²) >= 11 is 1.86. The summed E-state index contributed by atoms with van der Waals surface area (Å²) in [5, 5.41) is 0. The van der Waals surface area contributed by atoms with Crippen LogP contribution in [0.15, 0.2) is 29.2 Å². The van der Waals surface area contributed by atoms with E-state index in [-0.39, 0.29) is 16.6 Å². The lowest BCUT2D eigenvalue weighted by molar-refractivity contribution is -0.125. The number of nitrogens with zero attached hydrogens (tertiary/aromatic N) is 1. The SMILES string of the molecule is CC1(C)CN(C(=O)C2CCOCC2)c2ccccc2S1. The van der Waals surface area contributed by atoms with E-state index in [4.69, 9.17) is 4.74 Å². The van der Waals surface area contributed by atoms with E-state index in [0.717, 1.165) is 25.1 Å². The molecular weight excluding hydrogens is 270 g/mol. The number of thioether (sulfide) groups is 1. The summed E-state index contributed by atoms with van der Waals surface area (Å²) in [7, 11) is 0. The highest BCUT2D eigenvalue weighted by atomic mass is 32.2. The average molecular weight is 291 g/mol. The molecule has 1 amide bonds. The Bertz CT molecular complexity index is 509. The number of ether oxygens (including phenoxy) is 1. The number of carbonyl (C=O) groups is 1. The maximum Gasteiger partial charge on any atom is 0.230 e. The number of benzene rings is 1. The number of amides is 1. The van der Waals surface area contributed by atoms with E-state index in [1.165, 1.54) is 4.90 Å². The molecule has 2 heterocycles. The Morgan fingerprint density at radius 3 is 2.75 bits per heavy atom. The number of para-hydroxylation sites is 1. The Hall–Kier alpha value is -1.00. The molecule has 1 aromatic carbocycles. The predicted octanol–water partition coefficient (Wildman–Crippen LogP) is 3.33. The first-order chi connectivity index (χ1) is 9.57. The summed E-state index contributed by atoms with van der Waals surface area (Å²) in [4.78, 5) is 16.1. The van der Waals surface area contributed by atoms with Gasteiger partial charge < -0.3 is 9.64 Å². The first-order valence-electron chi connectivity index (χ1n) is 7.24. The molecule has 1 fully saturated rings. The summed E-state index contributed by atoms with van der Waals surface area (Å²) < 4.78 is 5.44. The van der Waals surface area contributed by atoms with E-state index in [9.17, 15) is 4.79 Å². The number of hydrogen-bond donors (Lipinski definition) is 0. The van der Waals surface area contributed by atoms with Gasteiger partial charge in [0.1, 0.15) is 0 Å². The van der Waals surface area contributed by atoms with Crippen LogP contribution >= 0.6 is 11.8 Å². The van der Waals surface area contributed by atoms with Gasteiger partial charge in [0, 0.05) is 35.3 Å². The first kappa shape index (κ1) is 14.0. The monoisotopic (exact) mass is 291 g/mol. The largest absolute Gasteiger partial charge is 0.381 e. The van der Waals surface area contributed by atoms with E-state index in [0.29, 0.717) is 13.2 Å². The van der Waals surface area contributed by atoms with Gasteiger partial charge in [-0.1, -0.05) is 12.1 Å². The summed E-state index contributed by atoms with van der Waals surface area (Å²) in [5.74, 6) is 0.393. The molecule has 20 heavy (non-hydrogen) atoms. The van der Waals surface area contributed by atoms with Crippen LogP contribution in [0.1, 0.15) is 26.7 Å². The molecule has 1 aromatic rings. The van der Waals surface area contributed by atoms with Crippen LogP contribution in [0, 0.1) is 5.92 Å². The highest BCUT2D eigenvalue weighted by molar-refractivity contribution is 8.00. The minimum atomic E-state index is 0.0647. The second-order valence-corrected chi connectivity index (χ2v) is 7.89. The summed E-state index contributed by atoms with van der Waals surface area (Å²) in [5.41, 5.74) is 1.08. The smallest absolute Gasteiger partial charge is 0.230 e. The summed E-state index contributed by atoms with van der Waals surface area (Å²) in [6.07, 6.45) is 1.70. The van der Waals surface area contributed by atoms with Crippen LogP contribution in [-0.4, -0.2) is 30.4 Å². The molecule has 2 aliphatic heterocycles. The molecule has 3 rings (SSSR count). The molecule has 0 saturated carbocycles. The van der Waals surface area contributed by atoms with E-state index < -0.39 is 0 Å². The fourth-order valence-electron chi connectivity index (χ4n) is 2.92. The van der Waals surface area contributed by atoms with Crippen LogP contribution in [0.2, 0.25) is 0 Å². The van der Waals surface area contributed by atoms with Crippen molar-refractivity contribution in [2.45, 2.75) is 36.3 Å². The van der Waals surface area contributed by atoms with Crippen molar-refractivity contribution in [2.75, 3.05) is 24.7 Å². The number of hydrogen-bond acceptors (Lipinski definition) is 3. The van der Waals surface area contributed by atoms with Crippen LogP contribution in [0.3, 0.4) is 0 Å². The van der Waals surface area contributed by atoms with Gasteiger partial charge in [-0.15, -0.1) is 11.8 Å². The molecule has 0 aliphatic carbocycles. The Morgan fingerprint density at radius 1 is 1.30 bits per heavy atom. The van der Waals surface area contributed by atoms with Crippen molar-refractivity contribution < 1.29 is 9.53 Å². The van der Waals surface area contributed by atoms with Gasteiger partial charge in [-0.25, -0.2) is 0 Å². The third kappa shape index (κ3) is 2.72. The van der Waals surface area contributed by atoms with Crippen molar-refractivity contribution in [2.24, 2.45) is 5.92 Å². The first-order valence-corrected chi connectivity index (χ1v) is 8.06. The van der Waals surface area contributed by atoms with Gasteiger partial charge in [0.2, 0.25) is 5.91 Å². The van der Waals surface area contributed by atoms with Crippen molar-refractivity contribution >= 4 is 23.4 Å². The van der Waals surface area contributed by atoms with Gasteiger partial charge in [0.15, 0.2) is 0 Å². The molecule has 108 valence electrons. The number of anilines is 1. The quantitative estimate of drug-likeness (QED) is 0.795. The lowest BCUT2D eigenvalue weighted by Crippen LogP contribution is -2.47. The fraction of sp³-hybridized carbons (Fsp3) is 0.562. The molecular formula is C16H21NO2S. The zero-order valence-electron chi connectivity index (χ0n) is 12.1. The van der Waals surface area contributed by atoms with Gasteiger partial charge in [-0.3, -0.25) is 4.79 Å². The van der Waals surface area contributed by atoms with Gasteiger partial charge in [0.25, 0.3) is 0 Å². The topological polar surface area (TPSA) is 29.5 Å². The molecule has 0 radical (unpaired) electrons. The Kier molecular flexibility index (Phi) is 3.78. The van der Waals surface area contributed by atoms with Crippen molar-refractivity contribution in [3.05, 3.63) is 24.3 Å².